The number of morpholine rings is 1. The molecule has 82 valence electrons. The molecule has 1 saturated heterocycles. The minimum atomic E-state index is 0.530. The van der Waals surface area contributed by atoms with Gasteiger partial charge in [-0.25, -0.2) is 0 Å². The van der Waals surface area contributed by atoms with Crippen LogP contribution in [0.3, 0.4) is 0 Å². The highest BCUT2D eigenvalue weighted by Crippen LogP contribution is 2.30. The first-order valence-corrected chi connectivity index (χ1v) is 6.22. The largest absolute Gasteiger partial charge is 0.376 e. The second-order valence-electron chi connectivity index (χ2n) is 4.84. The molecule has 1 saturated carbocycles. The molecule has 0 aromatic carbocycles. The summed E-state index contributed by atoms with van der Waals surface area (Å²) in [5, 5.41) is 0. The molecule has 1 aliphatic carbocycles. The number of hydrogen-bond donors (Lipinski definition) is 0. The van der Waals surface area contributed by atoms with Crippen LogP contribution in [0.15, 0.2) is 0 Å². The highest BCUT2D eigenvalue weighted by atomic mass is 16.5. The fourth-order valence-electron chi connectivity index (χ4n) is 2.22. The Morgan fingerprint density at radius 2 is 2.21 bits per heavy atom. The van der Waals surface area contributed by atoms with E-state index >= 15 is 0 Å². The topological polar surface area (TPSA) is 12.5 Å². The molecule has 1 aliphatic heterocycles. The summed E-state index contributed by atoms with van der Waals surface area (Å²) in [4.78, 5) is 2.61. The summed E-state index contributed by atoms with van der Waals surface area (Å²) in [7, 11) is 0. The SMILES string of the molecule is CCCCC1CN(CC2CC2)CCO1. The second kappa shape index (κ2) is 5.13. The fraction of sp³-hybridized carbons (Fsp3) is 1.00. The molecule has 0 aromatic rings. The molecule has 0 radical (unpaired) electrons. The Kier molecular flexibility index (Phi) is 3.82. The third-order valence-corrected chi connectivity index (χ3v) is 3.32. The molecular formula is C12H23NO. The molecule has 2 rings (SSSR count). The first kappa shape index (κ1) is 10.4. The summed E-state index contributed by atoms with van der Waals surface area (Å²) in [5.41, 5.74) is 0. The van der Waals surface area contributed by atoms with Gasteiger partial charge in [0.25, 0.3) is 0 Å². The molecule has 1 atom stereocenters. The molecule has 2 fully saturated rings. The van der Waals surface area contributed by atoms with E-state index in [-0.39, 0.29) is 0 Å². The molecule has 1 heterocycles. The molecule has 2 heteroatoms. The van der Waals surface area contributed by atoms with Crippen molar-refractivity contribution in [2.24, 2.45) is 5.92 Å². The van der Waals surface area contributed by atoms with Gasteiger partial charge in [0.1, 0.15) is 0 Å². The summed E-state index contributed by atoms with van der Waals surface area (Å²) in [6, 6.07) is 0. The first-order valence-electron chi connectivity index (χ1n) is 6.22. The molecule has 0 spiro atoms. The third kappa shape index (κ3) is 3.25. The Balaban J connectivity index is 1.66. The Bertz CT molecular complexity index is 168. The Labute approximate surface area is 87.6 Å². The van der Waals surface area contributed by atoms with Crippen LogP contribution in [0.1, 0.15) is 39.0 Å². The van der Waals surface area contributed by atoms with Crippen LogP contribution < -0.4 is 0 Å². The summed E-state index contributed by atoms with van der Waals surface area (Å²) >= 11 is 0. The van der Waals surface area contributed by atoms with E-state index in [0.29, 0.717) is 6.10 Å². The molecule has 2 nitrogen and oxygen atoms in total. The molecule has 0 aromatic heterocycles. The van der Waals surface area contributed by atoms with E-state index < -0.39 is 0 Å². The van der Waals surface area contributed by atoms with Gasteiger partial charge in [-0.1, -0.05) is 19.8 Å². The first-order chi connectivity index (χ1) is 6.88. The van der Waals surface area contributed by atoms with Crippen LogP contribution in [0, 0.1) is 5.92 Å². The van der Waals surface area contributed by atoms with Crippen molar-refractivity contribution in [1.29, 1.82) is 0 Å². The van der Waals surface area contributed by atoms with E-state index in [9.17, 15) is 0 Å². The van der Waals surface area contributed by atoms with Crippen molar-refractivity contribution < 1.29 is 4.74 Å². The van der Waals surface area contributed by atoms with Gasteiger partial charge >= 0.3 is 0 Å². The summed E-state index contributed by atoms with van der Waals surface area (Å²) in [5.74, 6) is 1.03. The van der Waals surface area contributed by atoms with Gasteiger partial charge in [0.05, 0.1) is 12.7 Å². The van der Waals surface area contributed by atoms with Crippen molar-refractivity contribution in [3.8, 4) is 0 Å². The predicted octanol–water partition coefficient (Wildman–Crippen LogP) is 2.29. The van der Waals surface area contributed by atoms with Crippen molar-refractivity contribution in [1.82, 2.24) is 4.90 Å². The van der Waals surface area contributed by atoms with Crippen LogP contribution in [0.25, 0.3) is 0 Å². The van der Waals surface area contributed by atoms with Gasteiger partial charge in [0.2, 0.25) is 0 Å². The Hall–Kier alpha value is -0.0800. The zero-order valence-electron chi connectivity index (χ0n) is 9.37. The van der Waals surface area contributed by atoms with Crippen LogP contribution in [0.2, 0.25) is 0 Å². The van der Waals surface area contributed by atoms with Crippen LogP contribution in [0.5, 0.6) is 0 Å². The number of nitrogens with zero attached hydrogens (tertiary/aromatic N) is 1. The average Bonchev–Trinajstić information content (AvgIpc) is 2.99. The van der Waals surface area contributed by atoms with Crippen molar-refractivity contribution in [3.63, 3.8) is 0 Å². The van der Waals surface area contributed by atoms with E-state index in [1.54, 1.807) is 0 Å². The minimum Gasteiger partial charge on any atom is -0.376 e. The fourth-order valence-corrected chi connectivity index (χ4v) is 2.22. The van der Waals surface area contributed by atoms with E-state index in [1.807, 2.05) is 0 Å². The van der Waals surface area contributed by atoms with Gasteiger partial charge in [-0.05, 0) is 25.2 Å². The minimum absolute atomic E-state index is 0.530. The maximum atomic E-state index is 5.77. The van der Waals surface area contributed by atoms with Gasteiger partial charge in [-0.3, -0.25) is 4.90 Å². The van der Waals surface area contributed by atoms with Crippen LogP contribution in [-0.4, -0.2) is 37.2 Å². The van der Waals surface area contributed by atoms with Crippen molar-refractivity contribution in [2.45, 2.75) is 45.1 Å². The normalized spacial score (nSPS) is 29.4. The Morgan fingerprint density at radius 3 is 2.93 bits per heavy atom. The van der Waals surface area contributed by atoms with E-state index in [1.165, 1.54) is 51.7 Å². The molecule has 0 bridgehead atoms. The summed E-state index contributed by atoms with van der Waals surface area (Å²) in [6.45, 7) is 6.91. The predicted molar refractivity (Wildman–Crippen MR) is 58.4 cm³/mol. The standard InChI is InChI=1S/C12H23NO/c1-2-3-4-12-10-13(7-8-14-12)9-11-5-6-11/h11-12H,2-10H2,1H3. The number of rotatable bonds is 5. The number of hydrogen-bond acceptors (Lipinski definition) is 2. The maximum absolute atomic E-state index is 5.77. The van der Waals surface area contributed by atoms with Crippen LogP contribution in [-0.2, 0) is 4.74 Å². The van der Waals surface area contributed by atoms with Crippen molar-refractivity contribution in [2.75, 3.05) is 26.2 Å². The Morgan fingerprint density at radius 1 is 1.36 bits per heavy atom. The lowest BCUT2D eigenvalue weighted by Gasteiger charge is -2.33. The lowest BCUT2D eigenvalue weighted by Crippen LogP contribution is -2.43. The van der Waals surface area contributed by atoms with E-state index in [0.717, 1.165) is 12.5 Å². The van der Waals surface area contributed by atoms with Crippen LogP contribution in [0.4, 0.5) is 0 Å². The smallest absolute Gasteiger partial charge is 0.0702 e. The van der Waals surface area contributed by atoms with Gasteiger partial charge < -0.3 is 4.74 Å². The zero-order valence-corrected chi connectivity index (χ0v) is 9.37. The van der Waals surface area contributed by atoms with Crippen LogP contribution >= 0.6 is 0 Å². The van der Waals surface area contributed by atoms with Crippen molar-refractivity contribution >= 4 is 0 Å². The van der Waals surface area contributed by atoms with E-state index in [2.05, 4.69) is 11.8 Å². The lowest BCUT2D eigenvalue weighted by atomic mass is 10.1. The third-order valence-electron chi connectivity index (χ3n) is 3.32. The lowest BCUT2D eigenvalue weighted by molar-refractivity contribution is -0.0340. The zero-order chi connectivity index (χ0) is 9.80. The molecule has 14 heavy (non-hydrogen) atoms. The number of unbranched alkanes of at least 4 members (excludes halogenated alkanes) is 1. The summed E-state index contributed by atoms with van der Waals surface area (Å²) in [6.07, 6.45) is 7.35. The maximum Gasteiger partial charge on any atom is 0.0702 e. The summed E-state index contributed by atoms with van der Waals surface area (Å²) < 4.78 is 5.77. The molecule has 2 aliphatic rings. The monoisotopic (exact) mass is 197 g/mol. The highest BCUT2D eigenvalue weighted by molar-refractivity contribution is 4.80. The average molecular weight is 197 g/mol. The molecule has 1 unspecified atom stereocenters. The molecule has 0 N–H and O–H groups in total. The second-order valence-corrected chi connectivity index (χ2v) is 4.84. The molecular weight excluding hydrogens is 174 g/mol. The number of ether oxygens (including phenoxy) is 1. The molecule has 0 amide bonds. The van der Waals surface area contributed by atoms with E-state index in [4.69, 9.17) is 4.74 Å². The van der Waals surface area contributed by atoms with Gasteiger partial charge in [0.15, 0.2) is 0 Å². The quantitative estimate of drug-likeness (QED) is 0.670. The highest BCUT2D eigenvalue weighted by Gasteiger charge is 2.27. The van der Waals surface area contributed by atoms with Gasteiger partial charge in [-0.15, -0.1) is 0 Å². The van der Waals surface area contributed by atoms with Gasteiger partial charge in [-0.2, -0.15) is 0 Å². The van der Waals surface area contributed by atoms with Crippen molar-refractivity contribution in [3.05, 3.63) is 0 Å². The van der Waals surface area contributed by atoms with Gasteiger partial charge in [0, 0.05) is 19.6 Å².